The van der Waals surface area contributed by atoms with E-state index in [4.69, 9.17) is 24.2 Å². The van der Waals surface area contributed by atoms with Crippen LogP contribution in [-0.4, -0.2) is 79.9 Å². The summed E-state index contributed by atoms with van der Waals surface area (Å²) < 4.78 is 33.0. The number of fused-ring (bicyclic) bond motifs is 1. The maximum absolute atomic E-state index is 15.4. The number of aromatic nitrogens is 3. The molecular weight excluding hydrogens is 479 g/mol. The van der Waals surface area contributed by atoms with Gasteiger partial charge >= 0.3 is 5.97 Å². The molecule has 0 amide bonds. The van der Waals surface area contributed by atoms with Crippen LogP contribution in [0.1, 0.15) is 18.5 Å². The number of methoxy groups -OCH3 is 3. The molecule has 4 rings (SSSR count). The predicted octanol–water partition coefficient (Wildman–Crippen LogP) is 3.64. The number of halogens is 1. The number of hydrogen-bond acceptors (Lipinski definition) is 7. The lowest BCUT2D eigenvalue weighted by Crippen LogP contribution is -2.37. The van der Waals surface area contributed by atoms with Gasteiger partial charge in [0.1, 0.15) is 11.5 Å². The molecule has 0 spiro atoms. The van der Waals surface area contributed by atoms with E-state index in [1.165, 1.54) is 6.07 Å². The van der Waals surface area contributed by atoms with Crippen LogP contribution in [0.3, 0.4) is 0 Å². The third kappa shape index (κ3) is 6.26. The number of piperidine rings is 1. The summed E-state index contributed by atoms with van der Waals surface area (Å²) >= 11 is 0. The summed E-state index contributed by atoms with van der Waals surface area (Å²) in [4.78, 5) is 23.3. The minimum absolute atomic E-state index is 0.112. The Hall–Kier alpha value is -3.08. The van der Waals surface area contributed by atoms with E-state index in [2.05, 4.69) is 4.90 Å². The van der Waals surface area contributed by atoms with E-state index in [0.29, 0.717) is 81.3 Å². The minimum Gasteiger partial charge on any atom is -0.481 e. The quantitative estimate of drug-likeness (QED) is 0.391. The zero-order valence-electron chi connectivity index (χ0n) is 21.7. The van der Waals surface area contributed by atoms with Gasteiger partial charge in [-0.1, -0.05) is 0 Å². The fraction of sp³-hybridized carbons (Fsp3) is 0.519. The third-order valence-corrected chi connectivity index (χ3v) is 6.87. The molecule has 0 unspecified atom stereocenters. The van der Waals surface area contributed by atoms with Gasteiger partial charge in [-0.15, -0.1) is 0 Å². The summed E-state index contributed by atoms with van der Waals surface area (Å²) in [6, 6.07) is 5.32. The normalized spacial score (nSPS) is 14.7. The van der Waals surface area contributed by atoms with Crippen molar-refractivity contribution in [1.82, 2.24) is 14.5 Å². The summed E-state index contributed by atoms with van der Waals surface area (Å²) in [6.45, 7) is 3.18. The molecule has 37 heavy (non-hydrogen) atoms. The Labute approximate surface area is 216 Å². The zero-order valence-corrected chi connectivity index (χ0v) is 21.7. The Morgan fingerprint density at radius 1 is 1.16 bits per heavy atom. The fourth-order valence-corrected chi connectivity index (χ4v) is 5.02. The van der Waals surface area contributed by atoms with E-state index >= 15 is 4.39 Å². The standard InChI is InChI=1S/C27H35FN4O5/c1-35-11-10-31-7-6-20-13-21(14-23(28)25(20)31)24-26(32-8-4-19(5-9-32)27(33)34)30-22(15-29-24)12-18(16-36-2)17-37-3/h6-7,13-15,18-19H,4-5,8-12,16-17H2,1-3H3,(H,33,34). The van der Waals surface area contributed by atoms with E-state index in [1.54, 1.807) is 27.5 Å². The van der Waals surface area contributed by atoms with Gasteiger partial charge in [-0.2, -0.15) is 0 Å². The number of carboxylic acids is 1. The first kappa shape index (κ1) is 27.0. The average Bonchev–Trinajstić information content (AvgIpc) is 3.31. The van der Waals surface area contributed by atoms with Gasteiger partial charge in [-0.3, -0.25) is 9.78 Å². The number of hydrogen-bond donors (Lipinski definition) is 1. The first-order valence-corrected chi connectivity index (χ1v) is 12.5. The van der Waals surface area contributed by atoms with Crippen LogP contribution in [0.4, 0.5) is 10.2 Å². The van der Waals surface area contributed by atoms with E-state index in [-0.39, 0.29) is 17.7 Å². The summed E-state index contributed by atoms with van der Waals surface area (Å²) in [7, 11) is 4.93. The predicted molar refractivity (Wildman–Crippen MR) is 138 cm³/mol. The molecule has 1 aliphatic heterocycles. The average molecular weight is 515 g/mol. The second-order valence-electron chi connectivity index (χ2n) is 9.51. The van der Waals surface area contributed by atoms with Crippen molar-refractivity contribution in [3.8, 4) is 11.3 Å². The minimum atomic E-state index is -0.771. The molecule has 1 N–H and O–H groups in total. The maximum Gasteiger partial charge on any atom is 0.306 e. The van der Waals surface area contributed by atoms with Crippen LogP contribution in [0.5, 0.6) is 0 Å². The summed E-state index contributed by atoms with van der Waals surface area (Å²) in [5, 5.41) is 10.2. The van der Waals surface area contributed by atoms with Gasteiger partial charge in [-0.05, 0) is 37.5 Å². The van der Waals surface area contributed by atoms with Crippen LogP contribution in [0.2, 0.25) is 0 Å². The lowest BCUT2D eigenvalue weighted by atomic mass is 9.96. The Morgan fingerprint density at radius 3 is 2.54 bits per heavy atom. The number of carbonyl (C=O) groups is 1. The van der Waals surface area contributed by atoms with E-state index in [0.717, 1.165) is 11.1 Å². The number of nitrogens with zero attached hydrogens (tertiary/aromatic N) is 4. The smallest absolute Gasteiger partial charge is 0.306 e. The molecule has 1 saturated heterocycles. The molecule has 1 fully saturated rings. The van der Waals surface area contributed by atoms with Crippen molar-refractivity contribution in [1.29, 1.82) is 0 Å². The molecule has 0 saturated carbocycles. The van der Waals surface area contributed by atoms with Gasteiger partial charge in [0, 0.05) is 70.2 Å². The van der Waals surface area contributed by atoms with Crippen molar-refractivity contribution in [2.24, 2.45) is 11.8 Å². The highest BCUT2D eigenvalue weighted by atomic mass is 19.1. The van der Waals surface area contributed by atoms with Crippen molar-refractivity contribution in [2.45, 2.75) is 25.8 Å². The molecule has 0 bridgehead atoms. The Balaban J connectivity index is 1.71. The van der Waals surface area contributed by atoms with Gasteiger partial charge in [0.25, 0.3) is 0 Å². The molecule has 0 atom stereocenters. The maximum atomic E-state index is 15.4. The molecule has 0 aliphatic carbocycles. The summed E-state index contributed by atoms with van der Waals surface area (Å²) in [6.07, 6.45) is 5.24. The fourth-order valence-electron chi connectivity index (χ4n) is 5.02. The third-order valence-electron chi connectivity index (χ3n) is 6.87. The Kier molecular flexibility index (Phi) is 9.07. The lowest BCUT2D eigenvalue weighted by molar-refractivity contribution is -0.142. The van der Waals surface area contributed by atoms with Gasteiger partial charge in [0.2, 0.25) is 0 Å². The molecule has 1 aromatic carbocycles. The van der Waals surface area contributed by atoms with E-state index in [1.807, 2.05) is 22.9 Å². The van der Waals surface area contributed by atoms with Crippen LogP contribution in [0, 0.1) is 17.7 Å². The lowest BCUT2D eigenvalue weighted by Gasteiger charge is -2.32. The molecule has 200 valence electrons. The molecule has 3 aromatic rings. The Bertz CT molecular complexity index is 1200. The van der Waals surface area contributed by atoms with Crippen molar-refractivity contribution in [2.75, 3.05) is 59.1 Å². The van der Waals surface area contributed by atoms with Gasteiger partial charge in [0.05, 0.1) is 36.9 Å². The van der Waals surface area contributed by atoms with Gasteiger partial charge in [0.15, 0.2) is 5.82 Å². The number of rotatable bonds is 12. The molecule has 0 radical (unpaired) electrons. The van der Waals surface area contributed by atoms with E-state index in [9.17, 15) is 9.90 Å². The number of benzene rings is 1. The second-order valence-corrected chi connectivity index (χ2v) is 9.51. The van der Waals surface area contributed by atoms with Crippen LogP contribution in [-0.2, 0) is 32.0 Å². The molecule has 2 aromatic heterocycles. The van der Waals surface area contributed by atoms with Crippen LogP contribution < -0.4 is 4.90 Å². The van der Waals surface area contributed by atoms with E-state index < -0.39 is 5.97 Å². The highest BCUT2D eigenvalue weighted by molar-refractivity contribution is 5.87. The van der Waals surface area contributed by atoms with Gasteiger partial charge in [-0.25, -0.2) is 9.37 Å². The van der Waals surface area contributed by atoms with Crippen molar-refractivity contribution < 1.29 is 28.5 Å². The Morgan fingerprint density at radius 2 is 1.89 bits per heavy atom. The van der Waals surface area contributed by atoms with Crippen LogP contribution in [0.15, 0.2) is 30.6 Å². The molecule has 3 heterocycles. The topological polar surface area (TPSA) is 98.9 Å². The highest BCUT2D eigenvalue weighted by Gasteiger charge is 2.28. The summed E-state index contributed by atoms with van der Waals surface area (Å²) in [5.41, 5.74) is 2.52. The highest BCUT2D eigenvalue weighted by Crippen LogP contribution is 2.34. The van der Waals surface area contributed by atoms with Crippen LogP contribution >= 0.6 is 0 Å². The summed E-state index contributed by atoms with van der Waals surface area (Å²) in [5.74, 6) is -0.722. The largest absolute Gasteiger partial charge is 0.481 e. The van der Waals surface area contributed by atoms with Crippen molar-refractivity contribution in [3.05, 3.63) is 42.1 Å². The first-order valence-electron chi connectivity index (χ1n) is 12.5. The molecular formula is C27H35FN4O5. The monoisotopic (exact) mass is 514 g/mol. The first-order chi connectivity index (χ1) is 17.9. The SMILES string of the molecule is COCCn1ccc2cc(-c3ncc(CC(COC)COC)nc3N3CCC(C(=O)O)CC3)cc(F)c21. The van der Waals surface area contributed by atoms with Crippen LogP contribution in [0.25, 0.3) is 22.2 Å². The number of carboxylic acid groups (broad SMARTS) is 1. The number of aliphatic carboxylic acids is 1. The molecule has 9 nitrogen and oxygen atoms in total. The number of anilines is 1. The van der Waals surface area contributed by atoms with Crippen molar-refractivity contribution >= 4 is 22.7 Å². The van der Waals surface area contributed by atoms with Gasteiger partial charge < -0.3 is 28.8 Å². The van der Waals surface area contributed by atoms with Crippen molar-refractivity contribution in [3.63, 3.8) is 0 Å². The second kappa shape index (κ2) is 12.4. The number of ether oxygens (including phenoxy) is 3. The molecule has 1 aliphatic rings. The zero-order chi connectivity index (χ0) is 26.4. The molecule has 10 heteroatoms.